The fourth-order valence-electron chi connectivity index (χ4n) is 1.96. The summed E-state index contributed by atoms with van der Waals surface area (Å²) >= 11 is 0. The van der Waals surface area contributed by atoms with Gasteiger partial charge in [-0.05, 0) is 24.1 Å². The maximum Gasteiger partial charge on any atom is 0.289 e. The molecule has 0 aliphatic rings. The van der Waals surface area contributed by atoms with E-state index in [0.29, 0.717) is 12.1 Å². The standard InChI is InChI=1S/C14H14N2O4S/c1-2-11-7-3-4-8-12(11)15-21(19,20)14-10-6-5-9-13(14)16(17)18/h3-10,15H,2H2,1H3. The van der Waals surface area contributed by atoms with E-state index >= 15 is 0 Å². The highest BCUT2D eigenvalue weighted by Gasteiger charge is 2.25. The van der Waals surface area contributed by atoms with Crippen LogP contribution in [-0.4, -0.2) is 13.3 Å². The van der Waals surface area contributed by atoms with Gasteiger partial charge in [0.1, 0.15) is 0 Å². The van der Waals surface area contributed by atoms with Crippen LogP contribution in [0.1, 0.15) is 12.5 Å². The normalized spacial score (nSPS) is 11.1. The van der Waals surface area contributed by atoms with E-state index in [0.717, 1.165) is 5.56 Å². The number of aryl methyl sites for hydroxylation is 1. The Hall–Kier alpha value is -2.41. The summed E-state index contributed by atoms with van der Waals surface area (Å²) in [5, 5.41) is 11.0. The number of hydrogen-bond donors (Lipinski definition) is 1. The zero-order valence-corrected chi connectivity index (χ0v) is 12.1. The average molecular weight is 306 g/mol. The molecule has 0 spiro atoms. The van der Waals surface area contributed by atoms with Crippen LogP contribution in [0.15, 0.2) is 53.4 Å². The molecule has 0 fully saturated rings. The van der Waals surface area contributed by atoms with E-state index in [1.54, 1.807) is 18.2 Å². The van der Waals surface area contributed by atoms with Gasteiger partial charge in [-0.15, -0.1) is 0 Å². The number of anilines is 1. The van der Waals surface area contributed by atoms with Crippen LogP contribution in [0, 0.1) is 10.1 Å². The second-order valence-electron chi connectivity index (χ2n) is 4.34. The Morgan fingerprint density at radius 3 is 2.38 bits per heavy atom. The highest BCUT2D eigenvalue weighted by Crippen LogP contribution is 2.26. The molecule has 7 heteroatoms. The first-order valence-corrected chi connectivity index (χ1v) is 7.78. The first-order valence-electron chi connectivity index (χ1n) is 6.30. The molecule has 21 heavy (non-hydrogen) atoms. The van der Waals surface area contributed by atoms with E-state index in [1.807, 2.05) is 13.0 Å². The van der Waals surface area contributed by atoms with Crippen molar-refractivity contribution in [1.29, 1.82) is 0 Å². The van der Waals surface area contributed by atoms with Crippen molar-refractivity contribution in [3.05, 3.63) is 64.2 Å². The largest absolute Gasteiger partial charge is 0.289 e. The maximum atomic E-state index is 12.4. The summed E-state index contributed by atoms with van der Waals surface area (Å²) < 4.78 is 27.2. The number of sulfonamides is 1. The third kappa shape index (κ3) is 3.19. The van der Waals surface area contributed by atoms with Gasteiger partial charge in [-0.25, -0.2) is 8.42 Å². The lowest BCUT2D eigenvalue weighted by atomic mass is 10.1. The van der Waals surface area contributed by atoms with Gasteiger partial charge in [-0.1, -0.05) is 37.3 Å². The Kier molecular flexibility index (Phi) is 4.23. The lowest BCUT2D eigenvalue weighted by Crippen LogP contribution is -2.15. The van der Waals surface area contributed by atoms with Crippen molar-refractivity contribution in [3.63, 3.8) is 0 Å². The van der Waals surface area contributed by atoms with E-state index in [9.17, 15) is 18.5 Å². The molecule has 2 aromatic rings. The zero-order valence-electron chi connectivity index (χ0n) is 11.3. The van der Waals surface area contributed by atoms with Crippen molar-refractivity contribution in [2.45, 2.75) is 18.2 Å². The summed E-state index contributed by atoms with van der Waals surface area (Å²) in [7, 11) is -4.01. The second kappa shape index (κ2) is 5.92. The summed E-state index contributed by atoms with van der Waals surface area (Å²) in [4.78, 5) is 9.90. The number of nitro benzene ring substituents is 1. The molecule has 0 heterocycles. The number of nitrogens with zero attached hydrogens (tertiary/aromatic N) is 1. The van der Waals surface area contributed by atoms with Crippen molar-refractivity contribution in [3.8, 4) is 0 Å². The van der Waals surface area contributed by atoms with Crippen molar-refractivity contribution < 1.29 is 13.3 Å². The summed E-state index contributed by atoms with van der Waals surface area (Å²) in [6.07, 6.45) is 0.648. The van der Waals surface area contributed by atoms with Crippen LogP contribution in [0.3, 0.4) is 0 Å². The summed E-state index contributed by atoms with van der Waals surface area (Å²) in [6, 6.07) is 12.2. The van der Waals surface area contributed by atoms with E-state index in [2.05, 4.69) is 4.72 Å². The Morgan fingerprint density at radius 1 is 1.10 bits per heavy atom. The number of rotatable bonds is 5. The van der Waals surface area contributed by atoms with Gasteiger partial charge in [0.05, 0.1) is 10.6 Å². The SMILES string of the molecule is CCc1ccccc1NS(=O)(=O)c1ccccc1[N+](=O)[O-]. The predicted octanol–water partition coefficient (Wildman–Crippen LogP) is 2.96. The summed E-state index contributed by atoms with van der Waals surface area (Å²) in [6.45, 7) is 1.90. The summed E-state index contributed by atoms with van der Waals surface area (Å²) in [5.74, 6) is 0. The smallest absolute Gasteiger partial charge is 0.279 e. The fraction of sp³-hybridized carbons (Fsp3) is 0.143. The second-order valence-corrected chi connectivity index (χ2v) is 5.99. The van der Waals surface area contributed by atoms with Crippen LogP contribution in [0.5, 0.6) is 0 Å². The first-order chi connectivity index (χ1) is 9.95. The van der Waals surface area contributed by atoms with Gasteiger partial charge in [-0.3, -0.25) is 14.8 Å². The molecule has 0 aromatic heterocycles. The molecule has 0 aliphatic carbocycles. The van der Waals surface area contributed by atoms with Gasteiger partial charge in [0.15, 0.2) is 4.90 Å². The van der Waals surface area contributed by atoms with Crippen molar-refractivity contribution in [2.75, 3.05) is 4.72 Å². The minimum atomic E-state index is -4.01. The molecule has 0 unspecified atom stereocenters. The molecule has 0 radical (unpaired) electrons. The molecule has 0 aliphatic heterocycles. The van der Waals surface area contributed by atoms with E-state index in [-0.39, 0.29) is 4.90 Å². The lowest BCUT2D eigenvalue weighted by Gasteiger charge is -2.11. The zero-order chi connectivity index (χ0) is 15.5. The molecule has 0 saturated carbocycles. The Labute approximate surface area is 122 Å². The van der Waals surface area contributed by atoms with Crippen molar-refractivity contribution >= 4 is 21.4 Å². The average Bonchev–Trinajstić information content (AvgIpc) is 2.47. The molecule has 0 amide bonds. The predicted molar refractivity (Wildman–Crippen MR) is 79.7 cm³/mol. The molecule has 0 atom stereocenters. The first kappa shape index (κ1) is 15.0. The summed E-state index contributed by atoms with van der Waals surface area (Å²) in [5.41, 5.74) is 0.803. The third-order valence-corrected chi connectivity index (χ3v) is 4.41. The van der Waals surface area contributed by atoms with Crippen molar-refractivity contribution in [2.24, 2.45) is 0 Å². The maximum absolute atomic E-state index is 12.4. The van der Waals surface area contributed by atoms with Gasteiger partial charge in [0, 0.05) is 6.07 Å². The van der Waals surface area contributed by atoms with E-state index in [4.69, 9.17) is 0 Å². The Balaban J connectivity index is 2.46. The highest BCUT2D eigenvalue weighted by atomic mass is 32.2. The highest BCUT2D eigenvalue weighted by molar-refractivity contribution is 7.92. The van der Waals surface area contributed by atoms with Crippen LogP contribution < -0.4 is 4.72 Å². The van der Waals surface area contributed by atoms with Gasteiger partial charge < -0.3 is 0 Å². The molecule has 1 N–H and O–H groups in total. The van der Waals surface area contributed by atoms with Crippen molar-refractivity contribution in [1.82, 2.24) is 0 Å². The molecule has 0 saturated heterocycles. The van der Waals surface area contributed by atoms with Gasteiger partial charge in [0.2, 0.25) is 0 Å². The number of nitro groups is 1. The number of nitrogens with one attached hydrogen (secondary N) is 1. The quantitative estimate of drug-likeness (QED) is 0.679. The molecular formula is C14H14N2O4S. The number of para-hydroxylation sites is 2. The Bertz CT molecular complexity index is 772. The monoisotopic (exact) mass is 306 g/mol. The molecular weight excluding hydrogens is 292 g/mol. The number of hydrogen-bond acceptors (Lipinski definition) is 4. The molecule has 2 rings (SSSR count). The molecule has 2 aromatic carbocycles. The van der Waals surface area contributed by atoms with Gasteiger partial charge in [-0.2, -0.15) is 0 Å². The third-order valence-electron chi connectivity index (χ3n) is 2.99. The lowest BCUT2D eigenvalue weighted by molar-refractivity contribution is -0.387. The van der Waals surface area contributed by atoms with Crippen LogP contribution in [-0.2, 0) is 16.4 Å². The molecule has 0 bridgehead atoms. The topological polar surface area (TPSA) is 89.3 Å². The minimum Gasteiger partial charge on any atom is -0.279 e. The van der Waals surface area contributed by atoms with Crippen LogP contribution in [0.25, 0.3) is 0 Å². The van der Waals surface area contributed by atoms with Gasteiger partial charge in [0.25, 0.3) is 15.7 Å². The Morgan fingerprint density at radius 2 is 1.71 bits per heavy atom. The van der Waals surface area contributed by atoms with E-state index < -0.39 is 20.6 Å². The van der Waals surface area contributed by atoms with E-state index in [1.165, 1.54) is 24.3 Å². The minimum absolute atomic E-state index is 0.346. The molecule has 6 nitrogen and oxygen atoms in total. The van der Waals surface area contributed by atoms with Crippen LogP contribution in [0.2, 0.25) is 0 Å². The van der Waals surface area contributed by atoms with Crippen LogP contribution >= 0.6 is 0 Å². The fourth-order valence-corrected chi connectivity index (χ4v) is 3.24. The molecule has 110 valence electrons. The van der Waals surface area contributed by atoms with Gasteiger partial charge >= 0.3 is 0 Å². The number of benzene rings is 2. The van der Waals surface area contributed by atoms with Crippen LogP contribution in [0.4, 0.5) is 11.4 Å².